The van der Waals surface area contributed by atoms with E-state index in [1.54, 1.807) is 6.20 Å². The smallest absolute Gasteiger partial charge is 0.223 e. The molecule has 30 heavy (non-hydrogen) atoms. The van der Waals surface area contributed by atoms with Crippen LogP contribution in [0.4, 0.5) is 5.13 Å². The number of nitrogens with zero attached hydrogens (tertiary/aromatic N) is 2. The van der Waals surface area contributed by atoms with E-state index in [0.717, 1.165) is 26.9 Å². The molecule has 2 heterocycles. The van der Waals surface area contributed by atoms with E-state index in [9.17, 15) is 9.59 Å². The second-order valence-electron chi connectivity index (χ2n) is 6.93. The van der Waals surface area contributed by atoms with Crippen molar-refractivity contribution in [3.63, 3.8) is 0 Å². The lowest BCUT2D eigenvalue weighted by atomic mass is 10.0. The maximum atomic E-state index is 12.5. The van der Waals surface area contributed by atoms with Crippen molar-refractivity contribution in [3.8, 4) is 11.1 Å². The standard InChI is InChI=1S/C23H18ClN3O2S/c1-14(28)26-23-27-20-8-7-16(12-21(20)30-23)18-10-17(22(24)25-13-18)11-19(29)9-15-5-3-2-4-6-15/h2-8,10,12-13H,9,11H2,1H3,(H,26,27,28). The Morgan fingerprint density at radius 3 is 2.60 bits per heavy atom. The fourth-order valence-corrected chi connectivity index (χ4v) is 4.30. The Kier molecular flexibility index (Phi) is 5.88. The molecule has 0 saturated carbocycles. The van der Waals surface area contributed by atoms with E-state index in [0.29, 0.717) is 22.3 Å². The van der Waals surface area contributed by atoms with Crippen molar-refractivity contribution >= 4 is 50.0 Å². The Morgan fingerprint density at radius 2 is 1.83 bits per heavy atom. The highest BCUT2D eigenvalue weighted by atomic mass is 35.5. The van der Waals surface area contributed by atoms with Gasteiger partial charge in [0.05, 0.1) is 10.2 Å². The average Bonchev–Trinajstić information content (AvgIpc) is 3.11. The first-order valence-electron chi connectivity index (χ1n) is 9.36. The monoisotopic (exact) mass is 435 g/mol. The quantitative estimate of drug-likeness (QED) is 0.416. The van der Waals surface area contributed by atoms with E-state index in [4.69, 9.17) is 11.6 Å². The topological polar surface area (TPSA) is 72.0 Å². The van der Waals surface area contributed by atoms with Crippen molar-refractivity contribution in [2.24, 2.45) is 0 Å². The Balaban J connectivity index is 1.57. The molecule has 0 aliphatic rings. The van der Waals surface area contributed by atoms with E-state index in [1.165, 1.54) is 18.3 Å². The van der Waals surface area contributed by atoms with Crippen molar-refractivity contribution in [2.45, 2.75) is 19.8 Å². The third-order valence-corrected chi connectivity index (χ3v) is 5.82. The van der Waals surface area contributed by atoms with Gasteiger partial charge in [0.1, 0.15) is 10.9 Å². The molecule has 0 aliphatic heterocycles. The van der Waals surface area contributed by atoms with E-state index < -0.39 is 0 Å². The second-order valence-corrected chi connectivity index (χ2v) is 8.32. The SMILES string of the molecule is CC(=O)Nc1nc2ccc(-c3cnc(Cl)c(CC(=O)Cc4ccccc4)c3)cc2s1. The van der Waals surface area contributed by atoms with Crippen LogP contribution in [0.25, 0.3) is 21.3 Å². The first-order valence-corrected chi connectivity index (χ1v) is 10.6. The number of amides is 1. The Labute approximate surface area is 182 Å². The summed E-state index contributed by atoms with van der Waals surface area (Å²) >= 11 is 7.68. The second kappa shape index (κ2) is 8.73. The fraction of sp³-hybridized carbons (Fsp3) is 0.130. The molecule has 1 N–H and O–H groups in total. The van der Waals surface area contributed by atoms with Gasteiger partial charge in [-0.1, -0.05) is 59.3 Å². The van der Waals surface area contributed by atoms with Crippen LogP contribution in [0.3, 0.4) is 0 Å². The van der Waals surface area contributed by atoms with Crippen molar-refractivity contribution in [1.29, 1.82) is 0 Å². The van der Waals surface area contributed by atoms with Gasteiger partial charge in [0.15, 0.2) is 5.13 Å². The van der Waals surface area contributed by atoms with Gasteiger partial charge in [0.2, 0.25) is 5.91 Å². The van der Waals surface area contributed by atoms with Crippen LogP contribution in [0.1, 0.15) is 18.1 Å². The minimum absolute atomic E-state index is 0.0832. The summed E-state index contributed by atoms with van der Waals surface area (Å²) < 4.78 is 0.952. The van der Waals surface area contributed by atoms with Crippen LogP contribution in [0, 0.1) is 0 Å². The van der Waals surface area contributed by atoms with Crippen molar-refractivity contribution in [3.05, 3.63) is 77.1 Å². The predicted molar refractivity (Wildman–Crippen MR) is 121 cm³/mol. The van der Waals surface area contributed by atoms with Crippen LogP contribution in [0.5, 0.6) is 0 Å². The highest BCUT2D eigenvalue weighted by Crippen LogP contribution is 2.31. The summed E-state index contributed by atoms with van der Waals surface area (Å²) in [7, 11) is 0. The molecule has 0 atom stereocenters. The predicted octanol–water partition coefficient (Wildman–Crippen LogP) is 5.32. The molecule has 7 heteroatoms. The number of aromatic nitrogens is 2. The lowest BCUT2D eigenvalue weighted by molar-refractivity contribution is -0.118. The number of benzene rings is 2. The Bertz CT molecular complexity index is 1240. The third-order valence-electron chi connectivity index (χ3n) is 4.55. The van der Waals surface area contributed by atoms with Crippen LogP contribution >= 0.6 is 22.9 Å². The van der Waals surface area contributed by atoms with Crippen LogP contribution in [-0.2, 0) is 22.4 Å². The number of carbonyl (C=O) groups is 2. The molecule has 0 unspecified atom stereocenters. The maximum absolute atomic E-state index is 12.5. The molecule has 2 aromatic carbocycles. The normalized spacial score (nSPS) is 10.9. The summed E-state index contributed by atoms with van der Waals surface area (Å²) in [6, 6.07) is 17.4. The van der Waals surface area contributed by atoms with Gasteiger partial charge < -0.3 is 5.32 Å². The molecule has 150 valence electrons. The summed E-state index contributed by atoms with van der Waals surface area (Å²) in [6.45, 7) is 1.46. The molecule has 0 bridgehead atoms. The number of thiazole rings is 1. The molecule has 0 saturated heterocycles. The largest absolute Gasteiger partial charge is 0.302 e. The maximum Gasteiger partial charge on any atom is 0.223 e. The zero-order chi connectivity index (χ0) is 21.1. The van der Waals surface area contributed by atoms with Gasteiger partial charge in [-0.25, -0.2) is 9.97 Å². The summed E-state index contributed by atoms with van der Waals surface area (Å²) in [5, 5.41) is 3.62. The van der Waals surface area contributed by atoms with Crippen molar-refractivity contribution < 1.29 is 9.59 Å². The summed E-state index contributed by atoms with van der Waals surface area (Å²) in [6.07, 6.45) is 2.29. The fourth-order valence-electron chi connectivity index (χ4n) is 3.18. The molecule has 0 fully saturated rings. The molecule has 2 aromatic heterocycles. The highest BCUT2D eigenvalue weighted by Gasteiger charge is 2.12. The van der Waals surface area contributed by atoms with Crippen molar-refractivity contribution in [1.82, 2.24) is 9.97 Å². The number of nitrogens with one attached hydrogen (secondary N) is 1. The third kappa shape index (κ3) is 4.72. The molecule has 1 amide bonds. The molecule has 0 aliphatic carbocycles. The number of Topliss-reactive ketones (excluding diaryl/α,β-unsaturated/α-hetero) is 1. The molecule has 0 radical (unpaired) electrons. The van der Waals surface area contributed by atoms with Gasteiger partial charge in [-0.2, -0.15) is 0 Å². The minimum atomic E-state index is -0.152. The van der Waals surface area contributed by atoms with Gasteiger partial charge in [-0.3, -0.25) is 9.59 Å². The van der Waals surface area contributed by atoms with Gasteiger partial charge in [0.25, 0.3) is 0 Å². The van der Waals surface area contributed by atoms with Crippen molar-refractivity contribution in [2.75, 3.05) is 5.32 Å². The van der Waals surface area contributed by atoms with Gasteiger partial charge in [-0.15, -0.1) is 0 Å². The summed E-state index contributed by atoms with van der Waals surface area (Å²) in [5.74, 6) is -0.0686. The van der Waals surface area contributed by atoms with E-state index in [2.05, 4.69) is 15.3 Å². The number of fused-ring (bicyclic) bond motifs is 1. The molecule has 4 rings (SSSR count). The van der Waals surface area contributed by atoms with E-state index in [-0.39, 0.29) is 18.1 Å². The van der Waals surface area contributed by atoms with Crippen LogP contribution in [0.15, 0.2) is 60.8 Å². The number of anilines is 1. The minimum Gasteiger partial charge on any atom is -0.302 e. The highest BCUT2D eigenvalue weighted by molar-refractivity contribution is 7.22. The molecular formula is C23H18ClN3O2S. The lowest BCUT2D eigenvalue weighted by Crippen LogP contribution is -2.07. The number of hydrogen-bond donors (Lipinski definition) is 1. The Morgan fingerprint density at radius 1 is 1.03 bits per heavy atom. The van der Waals surface area contributed by atoms with Gasteiger partial charge >= 0.3 is 0 Å². The van der Waals surface area contributed by atoms with Gasteiger partial charge in [-0.05, 0) is 34.9 Å². The first-order chi connectivity index (χ1) is 14.5. The number of hydrogen-bond acceptors (Lipinski definition) is 5. The number of carbonyl (C=O) groups excluding carboxylic acids is 2. The van der Waals surface area contributed by atoms with Gasteiger partial charge in [0, 0.05) is 31.5 Å². The van der Waals surface area contributed by atoms with Crippen LogP contribution < -0.4 is 5.32 Å². The Hall–Kier alpha value is -3.09. The summed E-state index contributed by atoms with van der Waals surface area (Å²) in [4.78, 5) is 32.5. The number of halogens is 1. The molecular weight excluding hydrogens is 418 g/mol. The lowest BCUT2D eigenvalue weighted by Gasteiger charge is -2.07. The zero-order valence-corrected chi connectivity index (χ0v) is 17.8. The summed E-state index contributed by atoms with van der Waals surface area (Å²) in [5.41, 5.74) is 4.32. The van der Waals surface area contributed by atoms with E-state index >= 15 is 0 Å². The van der Waals surface area contributed by atoms with Crippen LogP contribution in [-0.4, -0.2) is 21.7 Å². The molecule has 4 aromatic rings. The molecule has 5 nitrogen and oxygen atoms in total. The number of pyridine rings is 1. The van der Waals surface area contributed by atoms with E-state index in [1.807, 2.05) is 54.6 Å². The molecule has 0 spiro atoms. The average molecular weight is 436 g/mol. The number of ketones is 1. The number of rotatable bonds is 6. The van der Waals surface area contributed by atoms with Crippen LogP contribution in [0.2, 0.25) is 5.15 Å². The zero-order valence-electron chi connectivity index (χ0n) is 16.2. The first kappa shape index (κ1) is 20.2.